The summed E-state index contributed by atoms with van der Waals surface area (Å²) in [6, 6.07) is 12.1. The van der Waals surface area contributed by atoms with E-state index < -0.39 is 0 Å². The summed E-state index contributed by atoms with van der Waals surface area (Å²) in [5, 5.41) is 2.81. The molecule has 2 aromatic heterocycles. The smallest absolute Gasteiger partial charge is 0.274 e. The molecule has 32 heavy (non-hydrogen) atoms. The van der Waals surface area contributed by atoms with Crippen molar-refractivity contribution in [3.05, 3.63) is 66.4 Å². The molecular weight excluding hydrogens is 404 g/mol. The predicted octanol–water partition coefficient (Wildman–Crippen LogP) is 3.28. The first kappa shape index (κ1) is 21.5. The number of pyridine rings is 1. The van der Waals surface area contributed by atoms with Crippen molar-refractivity contribution in [2.75, 3.05) is 36.4 Å². The highest BCUT2D eigenvalue weighted by molar-refractivity contribution is 5.92. The van der Waals surface area contributed by atoms with Gasteiger partial charge >= 0.3 is 0 Å². The van der Waals surface area contributed by atoms with E-state index in [1.54, 1.807) is 35.4 Å². The van der Waals surface area contributed by atoms with Gasteiger partial charge in [0.1, 0.15) is 17.8 Å². The molecule has 1 fully saturated rings. The number of imidazole rings is 1. The molecule has 8 heteroatoms. The molecule has 1 N–H and O–H groups in total. The second-order valence-corrected chi connectivity index (χ2v) is 7.98. The summed E-state index contributed by atoms with van der Waals surface area (Å²) in [5.74, 6) is 0.532. The largest absolute Gasteiger partial charge is 0.368 e. The monoisotopic (exact) mass is 432 g/mol. The van der Waals surface area contributed by atoms with Crippen molar-refractivity contribution >= 4 is 23.2 Å². The van der Waals surface area contributed by atoms with E-state index in [0.717, 1.165) is 19.5 Å². The van der Waals surface area contributed by atoms with E-state index in [1.165, 1.54) is 11.3 Å². The molecule has 1 aromatic carbocycles. The maximum Gasteiger partial charge on any atom is 0.274 e. The van der Waals surface area contributed by atoms with Crippen molar-refractivity contribution in [3.8, 4) is 5.82 Å². The Labute approximate surface area is 187 Å². The minimum atomic E-state index is -0.0734. The van der Waals surface area contributed by atoms with Crippen LogP contribution in [-0.4, -0.2) is 57.4 Å². The van der Waals surface area contributed by atoms with Crippen LogP contribution in [0.15, 0.2) is 55.1 Å². The van der Waals surface area contributed by atoms with Gasteiger partial charge in [0.2, 0.25) is 5.91 Å². The van der Waals surface area contributed by atoms with Crippen LogP contribution < -0.4 is 10.2 Å². The molecule has 0 atom stereocenters. The summed E-state index contributed by atoms with van der Waals surface area (Å²) < 4.78 is 1.72. The number of aromatic nitrogens is 3. The summed E-state index contributed by atoms with van der Waals surface area (Å²) in [7, 11) is 0. The van der Waals surface area contributed by atoms with Crippen LogP contribution in [-0.2, 0) is 4.79 Å². The number of carbonyl (C=O) groups excluding carboxylic acids is 2. The average Bonchev–Trinajstić information content (AvgIpc) is 3.30. The van der Waals surface area contributed by atoms with Crippen molar-refractivity contribution in [1.82, 2.24) is 19.4 Å². The van der Waals surface area contributed by atoms with E-state index in [0.29, 0.717) is 36.7 Å². The first-order chi connectivity index (χ1) is 15.5. The van der Waals surface area contributed by atoms with Gasteiger partial charge in [-0.25, -0.2) is 9.97 Å². The number of hydrogen-bond donors (Lipinski definition) is 1. The fourth-order valence-corrected chi connectivity index (χ4v) is 3.71. The van der Waals surface area contributed by atoms with Crippen LogP contribution in [0, 0.1) is 6.92 Å². The second-order valence-electron chi connectivity index (χ2n) is 7.98. The third kappa shape index (κ3) is 4.96. The van der Waals surface area contributed by atoms with Crippen LogP contribution in [0.2, 0.25) is 0 Å². The minimum Gasteiger partial charge on any atom is -0.368 e. The Morgan fingerprint density at radius 3 is 2.41 bits per heavy atom. The topological polar surface area (TPSA) is 83.4 Å². The molecule has 0 saturated carbocycles. The number of nitrogens with zero attached hydrogens (tertiary/aromatic N) is 5. The molecule has 0 bridgehead atoms. The zero-order chi connectivity index (χ0) is 22.5. The number of aryl methyl sites for hydroxylation is 1. The Kier molecular flexibility index (Phi) is 6.49. The molecule has 1 saturated heterocycles. The zero-order valence-electron chi connectivity index (χ0n) is 18.5. The standard InChI is InChI=1S/C24H28N6O2/c1-3-4-23(31)27-19-7-10-22(25-15-19)30-16-21(26-17-30)24(32)29-13-11-28(12-14-29)20-8-5-18(2)6-9-20/h5-10,15-17H,3-4,11-14H2,1-2H3,(H,27,31). The SMILES string of the molecule is CCCC(=O)Nc1ccc(-n2cnc(C(=O)N3CCN(c4ccc(C)cc4)CC3)c2)nc1. The van der Waals surface area contributed by atoms with Gasteiger partial charge in [0, 0.05) is 44.5 Å². The first-order valence-electron chi connectivity index (χ1n) is 10.9. The molecule has 1 aliphatic heterocycles. The maximum atomic E-state index is 12.9. The normalized spacial score (nSPS) is 13.8. The maximum absolute atomic E-state index is 12.9. The second kappa shape index (κ2) is 9.64. The van der Waals surface area contributed by atoms with E-state index in [1.807, 2.05) is 11.8 Å². The first-order valence-corrected chi connectivity index (χ1v) is 10.9. The van der Waals surface area contributed by atoms with Gasteiger partial charge in [0.05, 0.1) is 11.9 Å². The Balaban J connectivity index is 1.36. The molecule has 4 rings (SSSR count). The minimum absolute atomic E-state index is 0.0277. The fourth-order valence-electron chi connectivity index (χ4n) is 3.71. The molecule has 0 aliphatic carbocycles. The van der Waals surface area contributed by atoms with Crippen molar-refractivity contribution in [2.45, 2.75) is 26.7 Å². The number of carbonyl (C=O) groups is 2. The average molecular weight is 433 g/mol. The number of amides is 2. The third-order valence-electron chi connectivity index (χ3n) is 5.54. The quantitative estimate of drug-likeness (QED) is 0.646. The van der Waals surface area contributed by atoms with Gasteiger partial charge in [-0.05, 0) is 37.6 Å². The molecular formula is C24H28N6O2. The molecule has 0 spiro atoms. The lowest BCUT2D eigenvalue weighted by Crippen LogP contribution is -2.48. The Morgan fingerprint density at radius 2 is 1.75 bits per heavy atom. The number of piperazine rings is 1. The molecule has 0 radical (unpaired) electrons. The molecule has 3 aromatic rings. The highest BCUT2D eigenvalue weighted by Gasteiger charge is 2.24. The molecule has 1 aliphatic rings. The van der Waals surface area contributed by atoms with Crippen molar-refractivity contribution < 1.29 is 9.59 Å². The lowest BCUT2D eigenvalue weighted by Gasteiger charge is -2.35. The zero-order valence-corrected chi connectivity index (χ0v) is 18.5. The number of benzene rings is 1. The van der Waals surface area contributed by atoms with Crippen LogP contribution >= 0.6 is 0 Å². The highest BCUT2D eigenvalue weighted by atomic mass is 16.2. The summed E-state index contributed by atoms with van der Waals surface area (Å²) in [6.45, 7) is 6.94. The number of anilines is 2. The molecule has 2 amide bonds. The van der Waals surface area contributed by atoms with Crippen LogP contribution in [0.25, 0.3) is 5.82 Å². The van der Waals surface area contributed by atoms with Gasteiger partial charge in [-0.1, -0.05) is 24.6 Å². The van der Waals surface area contributed by atoms with Crippen LogP contribution in [0.1, 0.15) is 35.8 Å². The summed E-state index contributed by atoms with van der Waals surface area (Å²) in [6.07, 6.45) is 6.17. The van der Waals surface area contributed by atoms with Crippen molar-refractivity contribution in [2.24, 2.45) is 0 Å². The lowest BCUT2D eigenvalue weighted by atomic mass is 10.2. The van der Waals surface area contributed by atoms with E-state index in [9.17, 15) is 9.59 Å². The lowest BCUT2D eigenvalue weighted by molar-refractivity contribution is -0.116. The predicted molar refractivity (Wildman–Crippen MR) is 124 cm³/mol. The van der Waals surface area contributed by atoms with Gasteiger partial charge in [-0.3, -0.25) is 14.2 Å². The van der Waals surface area contributed by atoms with Gasteiger partial charge in [-0.15, -0.1) is 0 Å². The van der Waals surface area contributed by atoms with E-state index in [-0.39, 0.29) is 11.8 Å². The van der Waals surface area contributed by atoms with Gasteiger partial charge in [0.15, 0.2) is 0 Å². The Bertz CT molecular complexity index is 1070. The third-order valence-corrected chi connectivity index (χ3v) is 5.54. The van der Waals surface area contributed by atoms with Gasteiger partial charge in [0.25, 0.3) is 5.91 Å². The van der Waals surface area contributed by atoms with E-state index in [4.69, 9.17) is 0 Å². The number of hydrogen-bond acceptors (Lipinski definition) is 5. The van der Waals surface area contributed by atoms with Crippen LogP contribution in [0.5, 0.6) is 0 Å². The molecule has 8 nitrogen and oxygen atoms in total. The van der Waals surface area contributed by atoms with Gasteiger partial charge in [-0.2, -0.15) is 0 Å². The summed E-state index contributed by atoms with van der Waals surface area (Å²) in [4.78, 5) is 37.5. The van der Waals surface area contributed by atoms with Crippen molar-refractivity contribution in [3.63, 3.8) is 0 Å². The number of rotatable bonds is 6. The van der Waals surface area contributed by atoms with Gasteiger partial charge < -0.3 is 15.1 Å². The fraction of sp³-hybridized carbons (Fsp3) is 0.333. The Hall–Kier alpha value is -3.68. The van der Waals surface area contributed by atoms with Crippen LogP contribution in [0.4, 0.5) is 11.4 Å². The highest BCUT2D eigenvalue weighted by Crippen LogP contribution is 2.18. The molecule has 0 unspecified atom stereocenters. The van der Waals surface area contributed by atoms with Crippen molar-refractivity contribution in [1.29, 1.82) is 0 Å². The summed E-state index contributed by atoms with van der Waals surface area (Å²) in [5.41, 5.74) is 3.47. The van der Waals surface area contributed by atoms with E-state index in [2.05, 4.69) is 51.4 Å². The number of nitrogens with one attached hydrogen (secondary N) is 1. The van der Waals surface area contributed by atoms with E-state index >= 15 is 0 Å². The Morgan fingerprint density at radius 1 is 1.00 bits per heavy atom. The summed E-state index contributed by atoms with van der Waals surface area (Å²) >= 11 is 0. The molecule has 166 valence electrons. The van der Waals surface area contributed by atoms with Crippen LogP contribution in [0.3, 0.4) is 0 Å². The molecule has 3 heterocycles.